The van der Waals surface area contributed by atoms with Crippen molar-refractivity contribution in [2.45, 2.75) is 46.1 Å². The van der Waals surface area contributed by atoms with E-state index in [-0.39, 0.29) is 17.2 Å². The zero-order valence-corrected chi connectivity index (χ0v) is 17.3. The van der Waals surface area contributed by atoms with Crippen LogP contribution in [0.4, 0.5) is 0 Å². The highest BCUT2D eigenvalue weighted by molar-refractivity contribution is 7.09. The second-order valence-corrected chi connectivity index (χ2v) is 9.26. The molecule has 0 saturated carbocycles. The van der Waals surface area contributed by atoms with E-state index in [9.17, 15) is 4.79 Å². The van der Waals surface area contributed by atoms with Crippen molar-refractivity contribution in [3.63, 3.8) is 0 Å². The number of nitrogens with zero attached hydrogens (tertiary/aromatic N) is 5. The van der Waals surface area contributed by atoms with Crippen LogP contribution < -0.4 is 0 Å². The topological polar surface area (TPSA) is 78.0 Å². The lowest BCUT2D eigenvalue weighted by Crippen LogP contribution is -2.49. The third kappa shape index (κ3) is 3.29. The summed E-state index contributed by atoms with van der Waals surface area (Å²) in [6.45, 7) is 12.4. The largest absolute Gasteiger partial charge is 0.341 e. The summed E-state index contributed by atoms with van der Waals surface area (Å²) in [6, 6.07) is 0. The van der Waals surface area contributed by atoms with Gasteiger partial charge in [-0.1, -0.05) is 13.8 Å². The molecule has 2 aromatic heterocycles. The van der Waals surface area contributed by atoms with Crippen LogP contribution in [0, 0.1) is 25.7 Å². The Bertz CT molecular complexity index is 830. The Balaban J connectivity index is 1.59. The van der Waals surface area contributed by atoms with E-state index in [2.05, 4.69) is 27.0 Å². The van der Waals surface area contributed by atoms with Crippen molar-refractivity contribution in [2.24, 2.45) is 11.8 Å². The molecule has 4 heterocycles. The maximum absolute atomic E-state index is 12.7. The van der Waals surface area contributed by atoms with Crippen LogP contribution in [0.5, 0.6) is 0 Å². The van der Waals surface area contributed by atoms with Crippen molar-refractivity contribution < 1.29 is 4.79 Å². The average molecular weight is 389 g/mol. The number of aryl methyl sites for hydroxylation is 2. The molecule has 2 aliphatic rings. The molecule has 2 atom stereocenters. The lowest BCUT2D eigenvalue weighted by molar-refractivity contribution is -0.133. The van der Waals surface area contributed by atoms with Gasteiger partial charge in [0.2, 0.25) is 5.91 Å². The van der Waals surface area contributed by atoms with Crippen LogP contribution in [-0.2, 0) is 16.8 Å². The van der Waals surface area contributed by atoms with Gasteiger partial charge in [0.25, 0.3) is 0 Å². The van der Waals surface area contributed by atoms with Gasteiger partial charge in [-0.25, -0.2) is 9.97 Å². The Morgan fingerprint density at radius 1 is 1.41 bits per heavy atom. The average Bonchev–Trinajstić information content (AvgIpc) is 3.33. The standard InChI is InChI=1S/C19H28N6OS/c1-12(2)17(26)25-8-15-7-24(9-16-13(3)20-11-27-16)6-5-19(15,10-25)18-21-14(4)22-23-18/h11-12,15H,5-10H2,1-4H3,(H,21,22,23)/t15-,19-/m1/s1. The zero-order chi connectivity index (χ0) is 19.2. The minimum atomic E-state index is -0.130. The van der Waals surface area contributed by atoms with E-state index < -0.39 is 0 Å². The SMILES string of the molecule is Cc1nc([C@@]23CCN(Cc4scnc4C)C[C@@H]2CN(C(=O)C(C)C)C3)n[nH]1. The first kappa shape index (κ1) is 18.6. The fraction of sp³-hybridized carbons (Fsp3) is 0.684. The Kier molecular flexibility index (Phi) is 4.80. The Morgan fingerprint density at radius 2 is 2.22 bits per heavy atom. The summed E-state index contributed by atoms with van der Waals surface area (Å²) in [5.74, 6) is 2.34. The molecule has 0 unspecified atom stereocenters. The highest BCUT2D eigenvalue weighted by Crippen LogP contribution is 2.44. The van der Waals surface area contributed by atoms with Crippen LogP contribution in [-0.4, -0.2) is 62.1 Å². The maximum atomic E-state index is 12.7. The summed E-state index contributed by atoms with van der Waals surface area (Å²) in [5.41, 5.74) is 2.92. The van der Waals surface area contributed by atoms with Gasteiger partial charge in [0.05, 0.1) is 16.6 Å². The Hall–Kier alpha value is -1.80. The molecular weight excluding hydrogens is 360 g/mol. The quantitative estimate of drug-likeness (QED) is 0.868. The maximum Gasteiger partial charge on any atom is 0.225 e. The summed E-state index contributed by atoms with van der Waals surface area (Å²) >= 11 is 1.73. The molecule has 2 saturated heterocycles. The van der Waals surface area contributed by atoms with Crippen molar-refractivity contribution in [3.8, 4) is 0 Å². The minimum Gasteiger partial charge on any atom is -0.341 e. The first-order valence-electron chi connectivity index (χ1n) is 9.68. The molecule has 0 aromatic carbocycles. The summed E-state index contributed by atoms with van der Waals surface area (Å²) in [5, 5.41) is 7.54. The summed E-state index contributed by atoms with van der Waals surface area (Å²) in [7, 11) is 0. The number of thiazole rings is 1. The fourth-order valence-corrected chi connectivity index (χ4v) is 5.36. The molecule has 2 fully saturated rings. The normalized spacial score (nSPS) is 26.0. The molecule has 0 spiro atoms. The van der Waals surface area contributed by atoms with Gasteiger partial charge in [0.15, 0.2) is 5.82 Å². The summed E-state index contributed by atoms with van der Waals surface area (Å²) < 4.78 is 0. The molecule has 146 valence electrons. The van der Waals surface area contributed by atoms with Gasteiger partial charge in [-0.3, -0.25) is 14.8 Å². The third-order valence-corrected chi connectivity index (χ3v) is 7.03. The van der Waals surface area contributed by atoms with E-state index in [1.807, 2.05) is 31.2 Å². The molecule has 27 heavy (non-hydrogen) atoms. The Labute approximate surface area is 164 Å². The number of piperidine rings is 1. The van der Waals surface area contributed by atoms with Gasteiger partial charge in [-0.05, 0) is 26.8 Å². The molecule has 2 aliphatic heterocycles. The third-order valence-electron chi connectivity index (χ3n) is 6.11. The van der Waals surface area contributed by atoms with Gasteiger partial charge in [-0.15, -0.1) is 11.3 Å². The number of likely N-dealkylation sites (tertiary alicyclic amines) is 2. The zero-order valence-electron chi connectivity index (χ0n) is 16.5. The van der Waals surface area contributed by atoms with Crippen molar-refractivity contribution in [2.75, 3.05) is 26.2 Å². The molecule has 0 bridgehead atoms. The number of carbonyl (C=O) groups excluding carboxylic acids is 1. The number of H-pyrrole nitrogens is 1. The van der Waals surface area contributed by atoms with Gasteiger partial charge < -0.3 is 4.90 Å². The number of nitrogens with one attached hydrogen (secondary N) is 1. The van der Waals surface area contributed by atoms with E-state index >= 15 is 0 Å². The molecule has 4 rings (SSSR count). The van der Waals surface area contributed by atoms with Crippen LogP contribution in [0.25, 0.3) is 0 Å². The second-order valence-electron chi connectivity index (χ2n) is 8.32. The van der Waals surface area contributed by atoms with Crippen molar-refractivity contribution in [1.82, 2.24) is 30.0 Å². The number of aromatic amines is 1. The lowest BCUT2D eigenvalue weighted by atomic mass is 9.72. The monoisotopic (exact) mass is 388 g/mol. The number of aromatic nitrogens is 4. The van der Waals surface area contributed by atoms with Gasteiger partial charge in [0.1, 0.15) is 5.82 Å². The molecule has 1 N–H and O–H groups in total. The first-order chi connectivity index (χ1) is 12.9. The van der Waals surface area contributed by atoms with Crippen LogP contribution in [0.3, 0.4) is 0 Å². The van der Waals surface area contributed by atoms with E-state index in [1.165, 1.54) is 4.88 Å². The van der Waals surface area contributed by atoms with Crippen LogP contribution in [0.1, 0.15) is 42.5 Å². The van der Waals surface area contributed by atoms with Crippen molar-refractivity contribution in [1.29, 1.82) is 0 Å². The predicted octanol–water partition coefficient (Wildman–Crippen LogP) is 2.14. The molecule has 1 amide bonds. The number of hydrogen-bond acceptors (Lipinski definition) is 6. The summed E-state index contributed by atoms with van der Waals surface area (Å²) in [4.78, 5) is 27.7. The minimum absolute atomic E-state index is 0.0204. The molecule has 2 aromatic rings. The van der Waals surface area contributed by atoms with Crippen molar-refractivity contribution >= 4 is 17.2 Å². The highest BCUT2D eigenvalue weighted by Gasteiger charge is 2.54. The number of fused-ring (bicyclic) bond motifs is 1. The highest BCUT2D eigenvalue weighted by atomic mass is 32.1. The molecule has 8 heteroatoms. The van der Waals surface area contributed by atoms with Gasteiger partial charge >= 0.3 is 0 Å². The lowest BCUT2D eigenvalue weighted by Gasteiger charge is -2.41. The molecule has 7 nitrogen and oxygen atoms in total. The number of carbonyl (C=O) groups is 1. The molecular formula is C19H28N6OS. The van der Waals surface area contributed by atoms with Crippen molar-refractivity contribution in [3.05, 3.63) is 27.7 Å². The number of hydrogen-bond donors (Lipinski definition) is 1. The van der Waals surface area contributed by atoms with Gasteiger partial charge in [0, 0.05) is 42.9 Å². The fourth-order valence-electron chi connectivity index (χ4n) is 4.54. The van der Waals surface area contributed by atoms with Gasteiger partial charge in [-0.2, -0.15) is 5.10 Å². The predicted molar refractivity (Wildman–Crippen MR) is 104 cm³/mol. The van der Waals surface area contributed by atoms with Crippen LogP contribution >= 0.6 is 11.3 Å². The van der Waals surface area contributed by atoms with E-state index in [4.69, 9.17) is 4.98 Å². The number of rotatable bonds is 4. The first-order valence-corrected chi connectivity index (χ1v) is 10.6. The van der Waals surface area contributed by atoms with Crippen LogP contribution in [0.15, 0.2) is 5.51 Å². The van der Waals surface area contributed by atoms with E-state index in [0.29, 0.717) is 5.92 Å². The van der Waals surface area contributed by atoms with Crippen LogP contribution in [0.2, 0.25) is 0 Å². The molecule has 0 radical (unpaired) electrons. The Morgan fingerprint density at radius 3 is 2.85 bits per heavy atom. The smallest absolute Gasteiger partial charge is 0.225 e. The number of amides is 1. The van der Waals surface area contributed by atoms with E-state index in [1.54, 1.807) is 11.3 Å². The summed E-state index contributed by atoms with van der Waals surface area (Å²) in [6.07, 6.45) is 0.981. The molecule has 0 aliphatic carbocycles. The second kappa shape index (κ2) is 6.98. The van der Waals surface area contributed by atoms with E-state index in [0.717, 1.165) is 56.5 Å².